The Morgan fingerprint density at radius 1 is 1.32 bits per heavy atom. The molecule has 164 valence electrons. The van der Waals surface area contributed by atoms with Crippen molar-refractivity contribution in [1.82, 2.24) is 15.3 Å². The largest absolute Gasteiger partial charge is 0.352 e. The molecule has 4 rings (SSSR count). The summed E-state index contributed by atoms with van der Waals surface area (Å²) in [7, 11) is 0. The van der Waals surface area contributed by atoms with Gasteiger partial charge in [0.2, 0.25) is 5.91 Å². The first kappa shape index (κ1) is 22.0. The number of nitrogens with one attached hydrogen (secondary N) is 2. The van der Waals surface area contributed by atoms with Crippen LogP contribution in [0.4, 0.5) is 0 Å². The highest BCUT2D eigenvalue weighted by Gasteiger charge is 2.31. The van der Waals surface area contributed by atoms with E-state index in [4.69, 9.17) is 16.6 Å². The average molecular weight is 458 g/mol. The lowest BCUT2D eigenvalue weighted by molar-refractivity contribution is -0.121. The average Bonchev–Trinajstić information content (AvgIpc) is 3.09. The molecule has 31 heavy (non-hydrogen) atoms. The van der Waals surface area contributed by atoms with Crippen molar-refractivity contribution in [3.05, 3.63) is 61.5 Å². The van der Waals surface area contributed by atoms with E-state index in [9.17, 15) is 9.59 Å². The summed E-state index contributed by atoms with van der Waals surface area (Å²) >= 11 is 7.78. The number of carbonyl (C=O) groups excluding carboxylic acids is 1. The highest BCUT2D eigenvalue weighted by Crippen LogP contribution is 2.41. The zero-order valence-electron chi connectivity index (χ0n) is 18.2. The second kappa shape index (κ2) is 8.75. The molecule has 0 unspecified atom stereocenters. The van der Waals surface area contributed by atoms with E-state index >= 15 is 0 Å². The first-order valence-corrected chi connectivity index (χ1v) is 12.0. The highest BCUT2D eigenvalue weighted by molar-refractivity contribution is 7.18. The fourth-order valence-corrected chi connectivity index (χ4v) is 5.76. The van der Waals surface area contributed by atoms with Gasteiger partial charge in [0, 0.05) is 29.3 Å². The number of carbonyl (C=O) groups is 1. The van der Waals surface area contributed by atoms with Crippen molar-refractivity contribution in [2.24, 2.45) is 11.3 Å². The SMILES string of the molecule is CC(C)(C)[C@H]1CCc2c(sc3nc(CCC(=O)NCc4ccccc4Cl)[nH]c(=O)c23)C1. The number of hydrogen-bond acceptors (Lipinski definition) is 4. The Bertz CT molecular complexity index is 1180. The minimum absolute atomic E-state index is 0.0804. The lowest BCUT2D eigenvalue weighted by Crippen LogP contribution is -2.26. The summed E-state index contributed by atoms with van der Waals surface area (Å²) in [6.07, 6.45) is 3.71. The third-order valence-corrected chi connectivity index (χ3v) is 7.73. The second-order valence-electron chi connectivity index (χ2n) is 9.37. The second-order valence-corrected chi connectivity index (χ2v) is 10.9. The van der Waals surface area contributed by atoms with Crippen molar-refractivity contribution in [3.8, 4) is 0 Å². The smallest absolute Gasteiger partial charge is 0.259 e. The summed E-state index contributed by atoms with van der Waals surface area (Å²) in [5.41, 5.74) is 2.24. The Morgan fingerprint density at radius 2 is 2.10 bits per heavy atom. The molecule has 0 saturated heterocycles. The standard InChI is InChI=1S/C24H28ClN3O2S/c1-24(2,3)15-8-9-16-18(12-15)31-23-21(16)22(30)27-19(28-23)10-11-20(29)26-13-14-6-4-5-7-17(14)25/h4-7,15H,8-13H2,1-3H3,(H,26,29)(H,27,28,30)/t15-/m0/s1. The number of fused-ring (bicyclic) bond motifs is 3. The van der Waals surface area contributed by atoms with Crippen LogP contribution in [-0.4, -0.2) is 15.9 Å². The fourth-order valence-electron chi connectivity index (χ4n) is 4.24. The summed E-state index contributed by atoms with van der Waals surface area (Å²) in [5, 5.41) is 4.26. The lowest BCUT2D eigenvalue weighted by Gasteiger charge is -2.33. The van der Waals surface area contributed by atoms with Crippen LogP contribution < -0.4 is 10.9 Å². The lowest BCUT2D eigenvalue weighted by atomic mass is 9.72. The van der Waals surface area contributed by atoms with Gasteiger partial charge in [-0.3, -0.25) is 9.59 Å². The van der Waals surface area contributed by atoms with Crippen LogP contribution in [-0.2, 0) is 30.6 Å². The molecule has 1 aliphatic rings. The molecular formula is C24H28ClN3O2S. The van der Waals surface area contributed by atoms with Gasteiger partial charge in [-0.15, -0.1) is 11.3 Å². The van der Waals surface area contributed by atoms with Gasteiger partial charge in [0.25, 0.3) is 5.56 Å². The number of rotatable bonds is 5. The third-order valence-electron chi connectivity index (χ3n) is 6.22. The highest BCUT2D eigenvalue weighted by atomic mass is 35.5. The Hall–Kier alpha value is -2.18. The number of nitrogens with zero attached hydrogens (tertiary/aromatic N) is 1. The van der Waals surface area contributed by atoms with Gasteiger partial charge in [0.15, 0.2) is 0 Å². The van der Waals surface area contributed by atoms with Crippen LogP contribution in [0.25, 0.3) is 10.2 Å². The first-order valence-electron chi connectivity index (χ1n) is 10.8. The number of aromatic nitrogens is 2. The molecule has 0 bridgehead atoms. The van der Waals surface area contributed by atoms with Gasteiger partial charge in [0.1, 0.15) is 10.7 Å². The number of hydrogen-bond donors (Lipinski definition) is 2. The Balaban J connectivity index is 1.44. The molecule has 1 amide bonds. The maximum Gasteiger partial charge on any atom is 0.259 e. The molecule has 1 aliphatic carbocycles. The van der Waals surface area contributed by atoms with Crippen LogP contribution >= 0.6 is 22.9 Å². The maximum absolute atomic E-state index is 12.8. The summed E-state index contributed by atoms with van der Waals surface area (Å²) in [4.78, 5) is 34.8. The topological polar surface area (TPSA) is 74.8 Å². The summed E-state index contributed by atoms with van der Waals surface area (Å²) < 4.78 is 0. The van der Waals surface area contributed by atoms with E-state index in [0.717, 1.165) is 35.0 Å². The van der Waals surface area contributed by atoms with Crippen molar-refractivity contribution < 1.29 is 4.79 Å². The van der Waals surface area contributed by atoms with Crippen molar-refractivity contribution in [2.45, 2.75) is 59.4 Å². The first-order chi connectivity index (χ1) is 14.7. The minimum atomic E-state index is -0.0961. The van der Waals surface area contributed by atoms with E-state index in [1.54, 1.807) is 17.4 Å². The number of aromatic amines is 1. The van der Waals surface area contributed by atoms with Crippen LogP contribution in [0.1, 0.15) is 55.4 Å². The van der Waals surface area contributed by atoms with Gasteiger partial charge in [0.05, 0.1) is 5.39 Å². The van der Waals surface area contributed by atoms with E-state index in [0.29, 0.717) is 29.7 Å². The van der Waals surface area contributed by atoms with Gasteiger partial charge in [-0.05, 0) is 47.8 Å². The molecule has 0 radical (unpaired) electrons. The molecule has 2 heterocycles. The van der Waals surface area contributed by atoms with E-state index in [-0.39, 0.29) is 23.3 Å². The predicted octanol–water partition coefficient (Wildman–Crippen LogP) is 5.04. The van der Waals surface area contributed by atoms with Crippen LogP contribution in [0.15, 0.2) is 29.1 Å². The summed E-state index contributed by atoms with van der Waals surface area (Å²) in [5.74, 6) is 1.09. The Morgan fingerprint density at radius 3 is 2.84 bits per heavy atom. The number of H-pyrrole nitrogens is 1. The molecule has 1 atom stereocenters. The van der Waals surface area contributed by atoms with E-state index in [1.165, 1.54) is 10.4 Å². The number of halogens is 1. The zero-order valence-corrected chi connectivity index (χ0v) is 19.8. The molecule has 2 N–H and O–H groups in total. The van der Waals surface area contributed by atoms with Crippen LogP contribution in [0.2, 0.25) is 5.02 Å². The van der Waals surface area contributed by atoms with Crippen LogP contribution in [0.5, 0.6) is 0 Å². The Kier molecular flexibility index (Phi) is 6.22. The molecule has 2 aromatic heterocycles. The van der Waals surface area contributed by atoms with Crippen molar-refractivity contribution in [1.29, 1.82) is 0 Å². The molecule has 1 aromatic carbocycles. The number of aryl methyl sites for hydroxylation is 2. The van der Waals surface area contributed by atoms with Gasteiger partial charge in [-0.2, -0.15) is 0 Å². The van der Waals surface area contributed by atoms with Crippen LogP contribution in [0, 0.1) is 11.3 Å². The van der Waals surface area contributed by atoms with Gasteiger partial charge in [-0.25, -0.2) is 4.98 Å². The van der Waals surface area contributed by atoms with Gasteiger partial charge < -0.3 is 10.3 Å². The molecular weight excluding hydrogens is 430 g/mol. The maximum atomic E-state index is 12.8. The monoisotopic (exact) mass is 457 g/mol. The van der Waals surface area contributed by atoms with Gasteiger partial charge >= 0.3 is 0 Å². The molecule has 5 nitrogen and oxygen atoms in total. The van der Waals surface area contributed by atoms with Crippen molar-refractivity contribution >= 4 is 39.1 Å². The molecule has 0 spiro atoms. The molecule has 0 aliphatic heterocycles. The minimum Gasteiger partial charge on any atom is -0.352 e. The van der Waals surface area contributed by atoms with E-state index < -0.39 is 0 Å². The number of thiophene rings is 1. The molecule has 7 heteroatoms. The van der Waals surface area contributed by atoms with Crippen molar-refractivity contribution in [2.75, 3.05) is 0 Å². The normalized spacial score (nSPS) is 16.3. The quantitative estimate of drug-likeness (QED) is 0.563. The molecule has 3 aromatic rings. The summed E-state index contributed by atoms with van der Waals surface area (Å²) in [6, 6.07) is 7.44. The number of benzene rings is 1. The van der Waals surface area contributed by atoms with E-state index in [2.05, 4.69) is 31.1 Å². The van der Waals surface area contributed by atoms with Crippen LogP contribution in [0.3, 0.4) is 0 Å². The zero-order chi connectivity index (χ0) is 22.2. The molecule has 0 saturated carbocycles. The van der Waals surface area contributed by atoms with Crippen molar-refractivity contribution in [3.63, 3.8) is 0 Å². The third kappa shape index (κ3) is 4.85. The predicted molar refractivity (Wildman–Crippen MR) is 127 cm³/mol. The Labute approximate surface area is 191 Å². The fraction of sp³-hybridized carbons (Fsp3) is 0.458. The van der Waals surface area contributed by atoms with Gasteiger partial charge in [-0.1, -0.05) is 50.6 Å². The van der Waals surface area contributed by atoms with E-state index in [1.807, 2.05) is 18.2 Å². The number of amides is 1. The molecule has 0 fully saturated rings. The summed E-state index contributed by atoms with van der Waals surface area (Å²) in [6.45, 7) is 7.25.